The van der Waals surface area contributed by atoms with Gasteiger partial charge in [-0.15, -0.1) is 0 Å². The molecule has 0 bridgehead atoms. The molecule has 138 valence electrons. The van der Waals surface area contributed by atoms with Crippen LogP contribution in [0.15, 0.2) is 54.6 Å². The minimum Gasteiger partial charge on any atom is -0.481 e. The van der Waals surface area contributed by atoms with Gasteiger partial charge >= 0.3 is 5.97 Å². The first kappa shape index (κ1) is 17.3. The summed E-state index contributed by atoms with van der Waals surface area (Å²) in [6, 6.07) is 17.9. The summed E-state index contributed by atoms with van der Waals surface area (Å²) in [6.07, 6.45) is 1.36. The lowest BCUT2D eigenvalue weighted by molar-refractivity contribution is -0.141. The van der Waals surface area contributed by atoms with Crippen molar-refractivity contribution in [3.63, 3.8) is 0 Å². The minimum atomic E-state index is -0.823. The van der Waals surface area contributed by atoms with Crippen LogP contribution >= 0.6 is 0 Å². The fourth-order valence-electron chi connectivity index (χ4n) is 3.67. The molecular weight excluding hydrogens is 342 g/mol. The normalized spacial score (nSPS) is 16.7. The van der Waals surface area contributed by atoms with Crippen LogP contribution in [0, 0.1) is 5.92 Å². The van der Waals surface area contributed by atoms with Crippen molar-refractivity contribution in [2.24, 2.45) is 5.92 Å². The number of amides is 1. The highest BCUT2D eigenvalue weighted by molar-refractivity contribution is 5.80. The summed E-state index contributed by atoms with van der Waals surface area (Å²) >= 11 is 0. The molecule has 4 rings (SSSR count). The number of carbonyl (C=O) groups is 2. The van der Waals surface area contributed by atoms with Gasteiger partial charge in [-0.05, 0) is 30.7 Å². The van der Waals surface area contributed by atoms with Crippen molar-refractivity contribution in [1.82, 2.24) is 14.5 Å². The Hall–Kier alpha value is -3.15. The third kappa shape index (κ3) is 3.43. The van der Waals surface area contributed by atoms with Crippen LogP contribution in [-0.2, 0) is 16.0 Å². The molecule has 1 aromatic heterocycles. The molecule has 0 aliphatic carbocycles. The number of aromatic nitrogens is 2. The SMILES string of the molecule is O=C(O)[C@@H]1CCN(C(=O)CCc2nc3ccccc3n2-c2ccccc2)C1. The second kappa shape index (κ2) is 7.23. The van der Waals surface area contributed by atoms with E-state index in [1.165, 1.54) is 0 Å². The molecule has 0 unspecified atom stereocenters. The lowest BCUT2D eigenvalue weighted by atomic mass is 10.1. The molecule has 1 fully saturated rings. The number of nitrogens with zero attached hydrogens (tertiary/aromatic N) is 3. The number of likely N-dealkylation sites (tertiary alicyclic amines) is 1. The third-order valence-electron chi connectivity index (χ3n) is 5.10. The maximum Gasteiger partial charge on any atom is 0.308 e. The van der Waals surface area contributed by atoms with Crippen molar-refractivity contribution in [1.29, 1.82) is 0 Å². The average molecular weight is 363 g/mol. The Bertz CT molecular complexity index is 981. The van der Waals surface area contributed by atoms with Crippen LogP contribution in [0.3, 0.4) is 0 Å². The fourth-order valence-corrected chi connectivity index (χ4v) is 3.67. The van der Waals surface area contributed by atoms with Crippen molar-refractivity contribution < 1.29 is 14.7 Å². The summed E-state index contributed by atoms with van der Waals surface area (Å²) in [5.41, 5.74) is 2.93. The maximum atomic E-state index is 12.5. The molecule has 1 aliphatic rings. The number of carboxylic acid groups (broad SMARTS) is 1. The zero-order valence-corrected chi connectivity index (χ0v) is 14.9. The first-order valence-electron chi connectivity index (χ1n) is 9.16. The predicted octanol–water partition coefficient (Wildman–Crippen LogP) is 2.89. The minimum absolute atomic E-state index is 0.00887. The highest BCUT2D eigenvalue weighted by atomic mass is 16.4. The number of aliphatic carboxylic acids is 1. The molecule has 1 atom stereocenters. The monoisotopic (exact) mass is 363 g/mol. The molecule has 0 saturated carbocycles. The van der Waals surface area contributed by atoms with Gasteiger partial charge in [-0.3, -0.25) is 14.2 Å². The molecule has 6 nitrogen and oxygen atoms in total. The van der Waals surface area contributed by atoms with Gasteiger partial charge in [0.05, 0.1) is 17.0 Å². The number of para-hydroxylation sites is 3. The number of benzene rings is 2. The molecule has 1 amide bonds. The number of hydrogen-bond donors (Lipinski definition) is 1. The van der Waals surface area contributed by atoms with Crippen molar-refractivity contribution in [2.75, 3.05) is 13.1 Å². The van der Waals surface area contributed by atoms with Crippen LogP contribution < -0.4 is 0 Å². The Balaban J connectivity index is 1.56. The molecule has 27 heavy (non-hydrogen) atoms. The van der Waals surface area contributed by atoms with Gasteiger partial charge in [0.15, 0.2) is 0 Å². The third-order valence-corrected chi connectivity index (χ3v) is 5.10. The van der Waals surface area contributed by atoms with Gasteiger partial charge in [-0.1, -0.05) is 30.3 Å². The fraction of sp³-hybridized carbons (Fsp3) is 0.286. The van der Waals surface area contributed by atoms with Crippen LogP contribution in [0.2, 0.25) is 0 Å². The van der Waals surface area contributed by atoms with E-state index in [2.05, 4.69) is 4.57 Å². The summed E-state index contributed by atoms with van der Waals surface area (Å²) in [5.74, 6) is -0.436. The quantitative estimate of drug-likeness (QED) is 0.756. The van der Waals surface area contributed by atoms with Crippen molar-refractivity contribution >= 4 is 22.9 Å². The summed E-state index contributed by atoms with van der Waals surface area (Å²) in [5, 5.41) is 9.11. The Kier molecular flexibility index (Phi) is 4.62. The van der Waals surface area contributed by atoms with Gasteiger partial charge < -0.3 is 10.0 Å². The smallest absolute Gasteiger partial charge is 0.308 e. The standard InChI is InChI=1S/C21H21N3O3/c25-20(23-13-12-15(14-23)21(26)27)11-10-19-22-17-8-4-5-9-18(17)24(19)16-6-2-1-3-7-16/h1-9,15H,10-14H2,(H,26,27)/t15-/m1/s1. The van der Waals surface area contributed by atoms with Crippen LogP contribution in [0.1, 0.15) is 18.7 Å². The maximum absolute atomic E-state index is 12.5. The molecule has 2 aromatic carbocycles. The van der Waals surface area contributed by atoms with Crippen LogP contribution in [-0.4, -0.2) is 44.5 Å². The first-order chi connectivity index (χ1) is 13.1. The number of carbonyl (C=O) groups excluding carboxylic acids is 1. The van der Waals surface area contributed by atoms with Gasteiger partial charge in [0.2, 0.25) is 5.91 Å². The van der Waals surface area contributed by atoms with E-state index in [0.717, 1.165) is 22.5 Å². The first-order valence-corrected chi connectivity index (χ1v) is 9.16. The molecule has 6 heteroatoms. The zero-order chi connectivity index (χ0) is 18.8. The van der Waals surface area contributed by atoms with E-state index in [9.17, 15) is 9.59 Å². The predicted molar refractivity (Wildman–Crippen MR) is 102 cm³/mol. The van der Waals surface area contributed by atoms with E-state index < -0.39 is 11.9 Å². The number of hydrogen-bond acceptors (Lipinski definition) is 3. The molecule has 1 aliphatic heterocycles. The van der Waals surface area contributed by atoms with Gasteiger partial charge in [-0.2, -0.15) is 0 Å². The van der Waals surface area contributed by atoms with E-state index >= 15 is 0 Å². The Morgan fingerprint density at radius 2 is 1.81 bits per heavy atom. The Labute approximate surface area is 157 Å². The number of rotatable bonds is 5. The summed E-state index contributed by atoms with van der Waals surface area (Å²) in [7, 11) is 0. The summed E-state index contributed by atoms with van der Waals surface area (Å²) < 4.78 is 2.09. The van der Waals surface area contributed by atoms with Crippen LogP contribution in [0.25, 0.3) is 16.7 Å². The lowest BCUT2D eigenvalue weighted by Gasteiger charge is -2.16. The van der Waals surface area contributed by atoms with Crippen LogP contribution in [0.4, 0.5) is 0 Å². The Morgan fingerprint density at radius 3 is 2.56 bits per heavy atom. The second-order valence-corrected chi connectivity index (χ2v) is 6.85. The average Bonchev–Trinajstić information content (AvgIpc) is 3.32. The van der Waals surface area contributed by atoms with Gasteiger partial charge in [-0.25, -0.2) is 4.98 Å². The van der Waals surface area contributed by atoms with Crippen molar-refractivity contribution in [3.8, 4) is 5.69 Å². The zero-order valence-electron chi connectivity index (χ0n) is 14.9. The number of fused-ring (bicyclic) bond motifs is 1. The van der Waals surface area contributed by atoms with Gasteiger partial charge in [0.1, 0.15) is 5.82 Å². The second-order valence-electron chi connectivity index (χ2n) is 6.85. The lowest BCUT2D eigenvalue weighted by Crippen LogP contribution is -2.30. The van der Waals surface area contributed by atoms with Crippen molar-refractivity contribution in [3.05, 3.63) is 60.4 Å². The molecule has 1 saturated heterocycles. The summed E-state index contributed by atoms with van der Waals surface area (Å²) in [4.78, 5) is 30.0. The molecule has 1 N–H and O–H groups in total. The molecule has 0 spiro atoms. The van der Waals surface area contributed by atoms with E-state index in [1.807, 2.05) is 54.6 Å². The largest absolute Gasteiger partial charge is 0.481 e. The molecule has 2 heterocycles. The van der Waals surface area contributed by atoms with Crippen molar-refractivity contribution in [2.45, 2.75) is 19.3 Å². The molecular formula is C21H21N3O3. The highest BCUT2D eigenvalue weighted by Gasteiger charge is 2.30. The Morgan fingerprint density at radius 1 is 1.07 bits per heavy atom. The van der Waals surface area contributed by atoms with Gasteiger partial charge in [0, 0.05) is 31.6 Å². The number of imidazole rings is 1. The van der Waals surface area contributed by atoms with E-state index in [-0.39, 0.29) is 5.91 Å². The number of aryl methyl sites for hydroxylation is 1. The molecule has 0 radical (unpaired) electrons. The summed E-state index contributed by atoms with van der Waals surface area (Å²) in [6.45, 7) is 0.828. The van der Waals surface area contributed by atoms with E-state index in [4.69, 9.17) is 10.1 Å². The van der Waals surface area contributed by atoms with Crippen LogP contribution in [0.5, 0.6) is 0 Å². The van der Waals surface area contributed by atoms with Gasteiger partial charge in [0.25, 0.3) is 0 Å². The topological polar surface area (TPSA) is 75.4 Å². The highest BCUT2D eigenvalue weighted by Crippen LogP contribution is 2.23. The van der Waals surface area contributed by atoms with E-state index in [1.54, 1.807) is 4.90 Å². The van der Waals surface area contributed by atoms with E-state index in [0.29, 0.717) is 32.4 Å². The molecule has 3 aromatic rings. The number of carboxylic acids is 1.